The number of carbonyl (C=O) groups is 1. The largest absolute Gasteiger partial charge is 0.315 e. The van der Waals surface area contributed by atoms with Crippen molar-refractivity contribution in [3.8, 4) is 11.8 Å². The summed E-state index contributed by atoms with van der Waals surface area (Å²) in [5, 5.41) is 8.95. The van der Waals surface area contributed by atoms with Crippen LogP contribution < -0.4 is 0 Å². The molecular weight excluding hydrogens is 329 g/mol. The molecule has 5 heteroatoms. The zero-order valence-electron chi connectivity index (χ0n) is 15.1. The van der Waals surface area contributed by atoms with Crippen LogP contribution in [0, 0.1) is 31.0 Å². The van der Waals surface area contributed by atoms with Crippen LogP contribution in [-0.2, 0) is 0 Å². The van der Waals surface area contributed by atoms with Gasteiger partial charge in [0.25, 0.3) is 0 Å². The first-order chi connectivity index (χ1) is 12.5. The first kappa shape index (κ1) is 17.0. The lowest BCUT2D eigenvalue weighted by atomic mass is 10.0. The Labute approximate surface area is 152 Å². The number of aromatic nitrogens is 1. The minimum atomic E-state index is -0.427. The number of nitriles is 1. The number of halogens is 1. The predicted molar refractivity (Wildman–Crippen MR) is 97.0 cm³/mol. The Hall–Kier alpha value is -2.45. The Morgan fingerprint density at radius 2 is 1.69 bits per heavy atom. The lowest BCUT2D eigenvalue weighted by Crippen LogP contribution is -2.34. The van der Waals surface area contributed by atoms with Gasteiger partial charge in [0.1, 0.15) is 0 Å². The molecule has 1 aromatic heterocycles. The molecule has 3 heterocycles. The molecule has 4 nitrogen and oxygen atoms in total. The maximum Gasteiger partial charge on any atom is 0.181 e. The van der Waals surface area contributed by atoms with Gasteiger partial charge >= 0.3 is 0 Å². The van der Waals surface area contributed by atoms with Crippen molar-refractivity contribution in [2.45, 2.75) is 51.6 Å². The van der Waals surface area contributed by atoms with E-state index in [0.717, 1.165) is 31.4 Å². The average Bonchev–Trinajstić information content (AvgIpc) is 3.27. The quantitative estimate of drug-likeness (QED) is 0.785. The van der Waals surface area contributed by atoms with Gasteiger partial charge < -0.3 is 4.57 Å². The SMILES string of the molecule is Cc1c(F)c(C(=O)CN2C3CCC2CC3)c(C)n1-c1ccc(C#N)cc1. The third-order valence-corrected chi connectivity index (χ3v) is 6.03. The second-order valence-corrected chi connectivity index (χ2v) is 7.41. The van der Waals surface area contributed by atoms with E-state index in [2.05, 4.69) is 11.0 Å². The summed E-state index contributed by atoms with van der Waals surface area (Å²) in [5.41, 5.74) is 2.58. The van der Waals surface area contributed by atoms with E-state index in [1.165, 1.54) is 0 Å². The highest BCUT2D eigenvalue weighted by atomic mass is 19.1. The molecule has 2 saturated heterocycles. The highest BCUT2D eigenvalue weighted by Gasteiger charge is 2.40. The van der Waals surface area contributed by atoms with Crippen molar-refractivity contribution in [2.75, 3.05) is 6.54 Å². The van der Waals surface area contributed by atoms with E-state index in [0.29, 0.717) is 35.6 Å². The van der Waals surface area contributed by atoms with Crippen LogP contribution in [0.5, 0.6) is 0 Å². The van der Waals surface area contributed by atoms with Crippen molar-refractivity contribution in [3.63, 3.8) is 0 Å². The second-order valence-electron chi connectivity index (χ2n) is 7.41. The van der Waals surface area contributed by atoms with Crippen LogP contribution in [0.4, 0.5) is 4.39 Å². The van der Waals surface area contributed by atoms with Crippen LogP contribution in [-0.4, -0.2) is 33.9 Å². The van der Waals surface area contributed by atoms with E-state index in [1.54, 1.807) is 42.7 Å². The van der Waals surface area contributed by atoms with Crippen molar-refractivity contribution in [2.24, 2.45) is 0 Å². The van der Waals surface area contributed by atoms with E-state index in [1.807, 2.05) is 0 Å². The standard InChI is InChI=1S/C21H22FN3O/c1-13-20(19(26)12-24-16-7-8-17(24)10-9-16)21(22)14(2)25(13)18-5-3-15(11-23)4-6-18/h3-6,16-17H,7-10,12H2,1-2H3. The van der Waals surface area contributed by atoms with Gasteiger partial charge in [-0.1, -0.05) is 0 Å². The van der Waals surface area contributed by atoms with E-state index >= 15 is 0 Å². The summed E-state index contributed by atoms with van der Waals surface area (Å²) in [6.07, 6.45) is 4.63. The number of fused-ring (bicyclic) bond motifs is 2. The van der Waals surface area contributed by atoms with E-state index in [9.17, 15) is 9.18 Å². The summed E-state index contributed by atoms with van der Waals surface area (Å²) in [6.45, 7) is 3.79. The van der Waals surface area contributed by atoms with Gasteiger partial charge in [-0.2, -0.15) is 5.26 Å². The fraction of sp³-hybridized carbons (Fsp3) is 0.429. The molecule has 2 aliphatic heterocycles. The van der Waals surface area contributed by atoms with Crippen LogP contribution in [0.1, 0.15) is 53.0 Å². The summed E-state index contributed by atoms with van der Waals surface area (Å²) in [4.78, 5) is 15.2. The number of hydrogen-bond donors (Lipinski definition) is 0. The number of ketones is 1. The molecule has 0 aliphatic carbocycles. The van der Waals surface area contributed by atoms with Crippen molar-refractivity contribution in [3.05, 3.63) is 52.6 Å². The molecule has 0 amide bonds. The maximum atomic E-state index is 14.9. The Kier molecular flexibility index (Phi) is 4.16. The predicted octanol–water partition coefficient (Wildman–Crippen LogP) is 3.91. The summed E-state index contributed by atoms with van der Waals surface area (Å²) in [5.74, 6) is -0.558. The van der Waals surface area contributed by atoms with Crippen LogP contribution >= 0.6 is 0 Å². The fourth-order valence-corrected chi connectivity index (χ4v) is 4.72. The highest BCUT2D eigenvalue weighted by Crippen LogP contribution is 2.37. The van der Waals surface area contributed by atoms with Gasteiger partial charge in [0, 0.05) is 23.5 Å². The van der Waals surface area contributed by atoms with Crippen LogP contribution in [0.15, 0.2) is 24.3 Å². The van der Waals surface area contributed by atoms with Crippen molar-refractivity contribution >= 4 is 5.78 Å². The molecule has 0 radical (unpaired) electrons. The second kappa shape index (κ2) is 6.37. The van der Waals surface area contributed by atoms with E-state index < -0.39 is 5.82 Å². The van der Waals surface area contributed by atoms with Gasteiger partial charge in [-0.15, -0.1) is 0 Å². The number of benzene rings is 1. The smallest absolute Gasteiger partial charge is 0.181 e. The summed E-state index contributed by atoms with van der Waals surface area (Å²) in [6, 6.07) is 10.0. The molecule has 26 heavy (non-hydrogen) atoms. The van der Waals surface area contributed by atoms with Crippen molar-refractivity contribution in [1.29, 1.82) is 5.26 Å². The Morgan fingerprint density at radius 3 is 2.23 bits per heavy atom. The molecule has 0 unspecified atom stereocenters. The van der Waals surface area contributed by atoms with Gasteiger partial charge in [-0.25, -0.2) is 4.39 Å². The number of carbonyl (C=O) groups excluding carboxylic acids is 1. The van der Waals surface area contributed by atoms with Crippen molar-refractivity contribution < 1.29 is 9.18 Å². The van der Waals surface area contributed by atoms with Crippen LogP contribution in [0.3, 0.4) is 0 Å². The number of nitrogens with zero attached hydrogens (tertiary/aromatic N) is 3. The van der Waals surface area contributed by atoms with Gasteiger partial charge in [-0.3, -0.25) is 9.69 Å². The van der Waals surface area contributed by atoms with Gasteiger partial charge in [0.2, 0.25) is 0 Å². The van der Waals surface area contributed by atoms with E-state index in [-0.39, 0.29) is 11.3 Å². The van der Waals surface area contributed by atoms with E-state index in [4.69, 9.17) is 5.26 Å². The normalized spacial score (nSPS) is 21.9. The highest BCUT2D eigenvalue weighted by molar-refractivity contribution is 5.99. The maximum absolute atomic E-state index is 14.9. The minimum absolute atomic E-state index is 0.130. The zero-order chi connectivity index (χ0) is 18.4. The Bertz CT molecular complexity index is 887. The molecule has 0 saturated carbocycles. The van der Waals surface area contributed by atoms with Crippen molar-refractivity contribution in [1.82, 2.24) is 9.47 Å². The Balaban J connectivity index is 1.67. The Morgan fingerprint density at radius 1 is 1.12 bits per heavy atom. The third kappa shape index (κ3) is 2.57. The summed E-state index contributed by atoms with van der Waals surface area (Å²) in [7, 11) is 0. The molecule has 0 N–H and O–H groups in total. The number of Topliss-reactive ketones (excluding diaryl/α,β-unsaturated/α-hetero) is 1. The molecule has 1 aromatic carbocycles. The molecule has 2 bridgehead atoms. The lowest BCUT2D eigenvalue weighted by Gasteiger charge is -2.20. The third-order valence-electron chi connectivity index (χ3n) is 6.03. The average molecular weight is 351 g/mol. The van der Waals surface area contributed by atoms with Gasteiger partial charge in [0.15, 0.2) is 11.6 Å². The molecule has 2 aromatic rings. The summed E-state index contributed by atoms with van der Waals surface area (Å²) < 4.78 is 16.7. The zero-order valence-corrected chi connectivity index (χ0v) is 15.1. The molecule has 0 atom stereocenters. The lowest BCUT2D eigenvalue weighted by molar-refractivity contribution is 0.0914. The summed E-state index contributed by atoms with van der Waals surface area (Å²) >= 11 is 0. The number of hydrogen-bond acceptors (Lipinski definition) is 3. The van der Waals surface area contributed by atoms with Gasteiger partial charge in [0.05, 0.1) is 29.4 Å². The minimum Gasteiger partial charge on any atom is -0.315 e. The monoisotopic (exact) mass is 351 g/mol. The number of rotatable bonds is 4. The molecule has 0 spiro atoms. The molecule has 4 rings (SSSR count). The molecule has 2 aliphatic rings. The fourth-order valence-electron chi connectivity index (χ4n) is 4.72. The first-order valence-electron chi connectivity index (χ1n) is 9.18. The molecule has 2 fully saturated rings. The van der Waals surface area contributed by atoms with Gasteiger partial charge in [-0.05, 0) is 63.8 Å². The topological polar surface area (TPSA) is 49.0 Å². The first-order valence-corrected chi connectivity index (χ1v) is 9.18. The molecule has 134 valence electrons. The van der Waals surface area contributed by atoms with Crippen LogP contribution in [0.2, 0.25) is 0 Å². The molecular formula is C21H22FN3O. The van der Waals surface area contributed by atoms with Crippen LogP contribution in [0.25, 0.3) is 5.69 Å².